The van der Waals surface area contributed by atoms with Crippen LogP contribution in [-0.2, 0) is 6.54 Å². The van der Waals surface area contributed by atoms with Crippen molar-refractivity contribution >= 4 is 18.4 Å². The molecule has 0 unspecified atom stereocenters. The van der Waals surface area contributed by atoms with Crippen LogP contribution in [0.4, 0.5) is 5.95 Å². The van der Waals surface area contributed by atoms with Crippen LogP contribution < -0.4 is 10.6 Å². The Kier molecular flexibility index (Phi) is 5.15. The normalized spacial score (nSPS) is 14.1. The zero-order valence-corrected chi connectivity index (χ0v) is 13.1. The van der Waals surface area contributed by atoms with Crippen LogP contribution in [-0.4, -0.2) is 23.1 Å². The smallest absolute Gasteiger partial charge is 0.226 e. The summed E-state index contributed by atoms with van der Waals surface area (Å²) in [5, 5.41) is 0. The lowest BCUT2D eigenvalue weighted by Gasteiger charge is -2.17. The molecule has 4 nitrogen and oxygen atoms in total. The molecule has 1 aromatic carbocycles. The van der Waals surface area contributed by atoms with Crippen molar-refractivity contribution in [2.45, 2.75) is 26.3 Å². The van der Waals surface area contributed by atoms with Crippen molar-refractivity contribution in [2.75, 3.05) is 18.0 Å². The second kappa shape index (κ2) is 6.87. The van der Waals surface area contributed by atoms with E-state index in [-0.39, 0.29) is 12.4 Å². The molecule has 1 aromatic heterocycles. The molecule has 0 spiro atoms. The molecule has 3 rings (SSSR count). The number of benzene rings is 1. The molecule has 0 amide bonds. The van der Waals surface area contributed by atoms with Gasteiger partial charge in [-0.2, -0.15) is 0 Å². The van der Waals surface area contributed by atoms with E-state index in [0.29, 0.717) is 6.54 Å². The molecule has 1 aliphatic rings. The number of aromatic nitrogens is 2. The zero-order chi connectivity index (χ0) is 13.9. The fourth-order valence-electron chi connectivity index (χ4n) is 2.52. The Balaban J connectivity index is 0.00000161. The van der Waals surface area contributed by atoms with Gasteiger partial charge in [-0.1, -0.05) is 29.8 Å². The summed E-state index contributed by atoms with van der Waals surface area (Å²) < 4.78 is 0. The molecular weight excluding hydrogens is 284 g/mol. The highest BCUT2D eigenvalue weighted by molar-refractivity contribution is 5.85. The van der Waals surface area contributed by atoms with Gasteiger partial charge in [-0.05, 0) is 25.8 Å². The van der Waals surface area contributed by atoms with Crippen molar-refractivity contribution in [2.24, 2.45) is 5.73 Å². The third-order valence-electron chi connectivity index (χ3n) is 3.71. The SMILES string of the molecule is Cc1ccc(-c2cc(CN)nc(N3CCCC3)n2)cc1.Cl. The molecule has 0 aliphatic carbocycles. The molecular formula is C16H21ClN4. The molecule has 1 fully saturated rings. The monoisotopic (exact) mass is 304 g/mol. The summed E-state index contributed by atoms with van der Waals surface area (Å²) in [6.07, 6.45) is 2.44. The number of hydrogen-bond donors (Lipinski definition) is 1. The lowest BCUT2D eigenvalue weighted by Crippen LogP contribution is -2.21. The lowest BCUT2D eigenvalue weighted by molar-refractivity contribution is 0.870. The number of halogens is 1. The van der Waals surface area contributed by atoms with Crippen molar-refractivity contribution in [1.29, 1.82) is 0 Å². The second-order valence-electron chi connectivity index (χ2n) is 5.31. The summed E-state index contributed by atoms with van der Waals surface area (Å²) in [4.78, 5) is 11.5. The number of hydrogen-bond acceptors (Lipinski definition) is 4. The largest absolute Gasteiger partial charge is 0.341 e. The fraction of sp³-hybridized carbons (Fsp3) is 0.375. The highest BCUT2D eigenvalue weighted by Crippen LogP contribution is 2.23. The van der Waals surface area contributed by atoms with E-state index in [9.17, 15) is 0 Å². The highest BCUT2D eigenvalue weighted by Gasteiger charge is 2.16. The van der Waals surface area contributed by atoms with E-state index in [1.165, 1.54) is 18.4 Å². The van der Waals surface area contributed by atoms with Crippen LogP contribution in [0, 0.1) is 6.92 Å². The molecule has 0 saturated carbocycles. The van der Waals surface area contributed by atoms with Crippen molar-refractivity contribution < 1.29 is 0 Å². The predicted octanol–water partition coefficient (Wildman–Crippen LogP) is 2.93. The van der Waals surface area contributed by atoms with Gasteiger partial charge in [0, 0.05) is 25.2 Å². The minimum atomic E-state index is 0. The summed E-state index contributed by atoms with van der Waals surface area (Å²) >= 11 is 0. The Hall–Kier alpha value is -1.65. The molecule has 2 heterocycles. The topological polar surface area (TPSA) is 55.0 Å². The van der Waals surface area contributed by atoms with Crippen LogP contribution in [0.25, 0.3) is 11.3 Å². The maximum Gasteiger partial charge on any atom is 0.226 e. The van der Waals surface area contributed by atoms with Crippen molar-refractivity contribution in [3.05, 3.63) is 41.6 Å². The highest BCUT2D eigenvalue weighted by atomic mass is 35.5. The third-order valence-corrected chi connectivity index (χ3v) is 3.71. The molecule has 1 saturated heterocycles. The number of nitrogens with two attached hydrogens (primary N) is 1. The van der Waals surface area contributed by atoms with Crippen LogP contribution >= 0.6 is 12.4 Å². The molecule has 112 valence electrons. The Bertz CT molecular complexity index is 592. The molecule has 2 N–H and O–H groups in total. The molecule has 0 bridgehead atoms. The van der Waals surface area contributed by atoms with Crippen LogP contribution in [0.3, 0.4) is 0 Å². The number of aryl methyl sites for hydroxylation is 1. The van der Waals surface area contributed by atoms with Gasteiger partial charge in [0.15, 0.2) is 0 Å². The summed E-state index contributed by atoms with van der Waals surface area (Å²) in [5.74, 6) is 0.820. The minimum Gasteiger partial charge on any atom is -0.341 e. The van der Waals surface area contributed by atoms with Gasteiger partial charge >= 0.3 is 0 Å². The van der Waals surface area contributed by atoms with Gasteiger partial charge in [0.1, 0.15) is 0 Å². The van der Waals surface area contributed by atoms with Gasteiger partial charge < -0.3 is 10.6 Å². The summed E-state index contributed by atoms with van der Waals surface area (Å²) in [6.45, 7) is 4.62. The third kappa shape index (κ3) is 3.52. The molecule has 0 atom stereocenters. The maximum absolute atomic E-state index is 5.78. The van der Waals surface area contributed by atoms with E-state index in [1.807, 2.05) is 6.07 Å². The van der Waals surface area contributed by atoms with Gasteiger partial charge in [-0.25, -0.2) is 9.97 Å². The number of nitrogens with zero attached hydrogens (tertiary/aromatic N) is 3. The first-order valence-corrected chi connectivity index (χ1v) is 7.16. The van der Waals surface area contributed by atoms with Crippen molar-refractivity contribution in [3.8, 4) is 11.3 Å². The quantitative estimate of drug-likeness (QED) is 0.947. The van der Waals surface area contributed by atoms with Crippen LogP contribution in [0.5, 0.6) is 0 Å². The Morgan fingerprint density at radius 2 is 1.76 bits per heavy atom. The van der Waals surface area contributed by atoms with E-state index in [0.717, 1.165) is 36.0 Å². The van der Waals surface area contributed by atoms with Crippen LogP contribution in [0.2, 0.25) is 0 Å². The van der Waals surface area contributed by atoms with Gasteiger partial charge in [0.2, 0.25) is 5.95 Å². The zero-order valence-electron chi connectivity index (χ0n) is 12.2. The molecule has 5 heteroatoms. The molecule has 1 aliphatic heterocycles. The van der Waals surface area contributed by atoms with Gasteiger partial charge in [-0.15, -0.1) is 12.4 Å². The molecule has 21 heavy (non-hydrogen) atoms. The lowest BCUT2D eigenvalue weighted by atomic mass is 10.1. The van der Waals surface area contributed by atoms with E-state index in [2.05, 4.69) is 41.1 Å². The second-order valence-corrected chi connectivity index (χ2v) is 5.31. The number of anilines is 1. The molecule has 0 radical (unpaired) electrons. The first kappa shape index (κ1) is 15.7. The Morgan fingerprint density at radius 1 is 1.10 bits per heavy atom. The van der Waals surface area contributed by atoms with Gasteiger partial charge in [0.05, 0.1) is 11.4 Å². The Morgan fingerprint density at radius 3 is 2.38 bits per heavy atom. The van der Waals surface area contributed by atoms with E-state index >= 15 is 0 Å². The minimum absolute atomic E-state index is 0. The standard InChI is InChI=1S/C16H20N4.ClH/c1-12-4-6-13(7-5-12)15-10-14(11-17)18-16(19-15)20-8-2-3-9-20;/h4-7,10H,2-3,8-9,11,17H2,1H3;1H. The van der Waals surface area contributed by atoms with Crippen molar-refractivity contribution in [1.82, 2.24) is 9.97 Å². The average molecular weight is 305 g/mol. The predicted molar refractivity (Wildman–Crippen MR) is 88.8 cm³/mol. The first-order chi connectivity index (χ1) is 9.76. The van der Waals surface area contributed by atoms with E-state index in [4.69, 9.17) is 10.7 Å². The summed E-state index contributed by atoms with van der Waals surface area (Å²) in [7, 11) is 0. The maximum atomic E-state index is 5.78. The average Bonchev–Trinajstić information content (AvgIpc) is 3.02. The van der Waals surface area contributed by atoms with Crippen LogP contribution in [0.15, 0.2) is 30.3 Å². The number of rotatable bonds is 3. The summed E-state index contributed by atoms with van der Waals surface area (Å²) in [5.41, 5.74) is 10.0. The summed E-state index contributed by atoms with van der Waals surface area (Å²) in [6, 6.07) is 10.4. The molecule has 2 aromatic rings. The van der Waals surface area contributed by atoms with E-state index in [1.54, 1.807) is 0 Å². The van der Waals surface area contributed by atoms with Crippen molar-refractivity contribution in [3.63, 3.8) is 0 Å². The Labute approximate surface area is 131 Å². The first-order valence-electron chi connectivity index (χ1n) is 7.16. The fourth-order valence-corrected chi connectivity index (χ4v) is 2.52. The van der Waals surface area contributed by atoms with Gasteiger partial charge in [0.25, 0.3) is 0 Å². The van der Waals surface area contributed by atoms with Crippen LogP contribution in [0.1, 0.15) is 24.1 Å². The van der Waals surface area contributed by atoms with E-state index < -0.39 is 0 Å². The van der Waals surface area contributed by atoms with Gasteiger partial charge in [-0.3, -0.25) is 0 Å².